The number of rotatable bonds is 8. The van der Waals surface area contributed by atoms with Crippen molar-refractivity contribution < 1.29 is 8.42 Å². The van der Waals surface area contributed by atoms with Crippen LogP contribution < -0.4 is 5.32 Å². The van der Waals surface area contributed by atoms with Crippen molar-refractivity contribution in [2.45, 2.75) is 46.0 Å². The molecule has 1 saturated carbocycles. The van der Waals surface area contributed by atoms with Gasteiger partial charge in [-0.05, 0) is 37.6 Å². The zero-order valence-electron chi connectivity index (χ0n) is 11.2. The Bertz CT molecular complexity index is 293. The molecule has 0 aromatic heterocycles. The van der Waals surface area contributed by atoms with Gasteiger partial charge in [0.05, 0.1) is 11.5 Å². The molecule has 0 aromatic rings. The molecule has 0 aromatic carbocycles. The summed E-state index contributed by atoms with van der Waals surface area (Å²) in [5.74, 6) is 1.84. The number of hydrogen-bond donors (Lipinski definition) is 1. The molecule has 1 rings (SSSR count). The van der Waals surface area contributed by atoms with E-state index in [1.807, 2.05) is 0 Å². The van der Waals surface area contributed by atoms with E-state index in [9.17, 15) is 8.42 Å². The van der Waals surface area contributed by atoms with Crippen LogP contribution in [0.5, 0.6) is 0 Å². The van der Waals surface area contributed by atoms with Gasteiger partial charge in [0.15, 0.2) is 9.84 Å². The van der Waals surface area contributed by atoms with Crippen molar-refractivity contribution in [3.63, 3.8) is 0 Å². The lowest BCUT2D eigenvalue weighted by Crippen LogP contribution is -2.27. The van der Waals surface area contributed by atoms with E-state index >= 15 is 0 Å². The molecule has 0 saturated heterocycles. The third kappa shape index (κ3) is 7.04. The van der Waals surface area contributed by atoms with E-state index in [0.29, 0.717) is 29.9 Å². The van der Waals surface area contributed by atoms with Crippen molar-refractivity contribution in [2.75, 3.05) is 24.6 Å². The lowest BCUT2D eigenvalue weighted by atomic mass is 10.1. The maximum absolute atomic E-state index is 11.8. The number of nitrogens with one attached hydrogen (secondary N) is 1. The topological polar surface area (TPSA) is 46.2 Å². The fourth-order valence-electron chi connectivity index (χ4n) is 2.36. The van der Waals surface area contributed by atoms with Gasteiger partial charge in [0.2, 0.25) is 0 Å². The van der Waals surface area contributed by atoms with Gasteiger partial charge in [0.1, 0.15) is 0 Å². The summed E-state index contributed by atoms with van der Waals surface area (Å²) >= 11 is 0. The molecular formula is C13H27NO2S. The Balaban J connectivity index is 2.11. The van der Waals surface area contributed by atoms with Gasteiger partial charge < -0.3 is 5.32 Å². The van der Waals surface area contributed by atoms with Crippen LogP contribution in [0.2, 0.25) is 0 Å². The van der Waals surface area contributed by atoms with E-state index in [2.05, 4.69) is 19.2 Å². The van der Waals surface area contributed by atoms with Crippen LogP contribution >= 0.6 is 0 Å². The van der Waals surface area contributed by atoms with Crippen molar-refractivity contribution in [1.82, 2.24) is 5.32 Å². The monoisotopic (exact) mass is 261 g/mol. The summed E-state index contributed by atoms with van der Waals surface area (Å²) in [4.78, 5) is 0. The minimum absolute atomic E-state index is 0.307. The van der Waals surface area contributed by atoms with Crippen LogP contribution in [0.15, 0.2) is 0 Å². The SMILES string of the molecule is CC(C)CCNCCS(=O)(=O)CC1CCCC1. The molecule has 0 bridgehead atoms. The van der Waals surface area contributed by atoms with Crippen LogP contribution in [-0.2, 0) is 9.84 Å². The highest BCUT2D eigenvalue weighted by atomic mass is 32.2. The predicted octanol–water partition coefficient (Wildman–Crippen LogP) is 2.23. The Labute approximate surface area is 106 Å². The van der Waals surface area contributed by atoms with E-state index < -0.39 is 9.84 Å². The largest absolute Gasteiger partial charge is 0.316 e. The molecule has 1 aliphatic carbocycles. The molecule has 102 valence electrons. The third-order valence-electron chi connectivity index (χ3n) is 3.45. The van der Waals surface area contributed by atoms with E-state index in [1.54, 1.807) is 0 Å². The van der Waals surface area contributed by atoms with Crippen molar-refractivity contribution in [2.24, 2.45) is 11.8 Å². The second-order valence-electron chi connectivity index (χ2n) is 5.70. The summed E-state index contributed by atoms with van der Waals surface area (Å²) in [7, 11) is -2.83. The Morgan fingerprint density at radius 3 is 2.41 bits per heavy atom. The summed E-state index contributed by atoms with van der Waals surface area (Å²) in [6, 6.07) is 0. The normalized spacial score (nSPS) is 18.1. The third-order valence-corrected chi connectivity index (χ3v) is 5.26. The van der Waals surface area contributed by atoms with E-state index in [1.165, 1.54) is 12.8 Å². The molecule has 1 N–H and O–H groups in total. The number of sulfone groups is 1. The first-order chi connectivity index (χ1) is 7.99. The molecule has 0 unspecified atom stereocenters. The molecule has 0 amide bonds. The van der Waals surface area contributed by atoms with E-state index in [4.69, 9.17) is 0 Å². The van der Waals surface area contributed by atoms with E-state index in [-0.39, 0.29) is 0 Å². The van der Waals surface area contributed by atoms with Crippen molar-refractivity contribution >= 4 is 9.84 Å². The molecule has 0 atom stereocenters. The van der Waals surface area contributed by atoms with Gasteiger partial charge in [0, 0.05) is 6.54 Å². The Kier molecular flexibility index (Phi) is 6.49. The second kappa shape index (κ2) is 7.37. The maximum atomic E-state index is 11.8. The lowest BCUT2D eigenvalue weighted by molar-refractivity contribution is 0.537. The molecular weight excluding hydrogens is 234 g/mol. The zero-order chi connectivity index (χ0) is 12.7. The lowest BCUT2D eigenvalue weighted by Gasteiger charge is -2.11. The molecule has 0 spiro atoms. The highest BCUT2D eigenvalue weighted by Crippen LogP contribution is 2.25. The first-order valence-corrected chi connectivity index (χ1v) is 8.73. The molecule has 4 heteroatoms. The minimum atomic E-state index is -2.83. The van der Waals surface area contributed by atoms with Crippen molar-refractivity contribution in [1.29, 1.82) is 0 Å². The van der Waals surface area contributed by atoms with Crippen molar-refractivity contribution in [3.8, 4) is 0 Å². The van der Waals surface area contributed by atoms with Crippen molar-refractivity contribution in [3.05, 3.63) is 0 Å². The Morgan fingerprint density at radius 2 is 1.82 bits per heavy atom. The quantitative estimate of drug-likeness (QED) is 0.682. The van der Waals surface area contributed by atoms with Gasteiger partial charge in [-0.3, -0.25) is 0 Å². The maximum Gasteiger partial charge on any atom is 0.151 e. The first kappa shape index (κ1) is 15.0. The Hall–Kier alpha value is -0.0900. The highest BCUT2D eigenvalue weighted by molar-refractivity contribution is 7.91. The van der Waals surface area contributed by atoms with Gasteiger partial charge in [-0.25, -0.2) is 8.42 Å². The molecule has 0 radical (unpaired) electrons. The van der Waals surface area contributed by atoms with Gasteiger partial charge >= 0.3 is 0 Å². The highest BCUT2D eigenvalue weighted by Gasteiger charge is 2.21. The average Bonchev–Trinajstić information content (AvgIpc) is 2.68. The molecule has 1 aliphatic rings. The Morgan fingerprint density at radius 1 is 1.18 bits per heavy atom. The van der Waals surface area contributed by atoms with Crippen LogP contribution in [0.25, 0.3) is 0 Å². The van der Waals surface area contributed by atoms with Gasteiger partial charge in [-0.2, -0.15) is 0 Å². The number of hydrogen-bond acceptors (Lipinski definition) is 3. The standard InChI is InChI=1S/C13H27NO2S/c1-12(2)7-8-14-9-10-17(15,16)11-13-5-3-4-6-13/h12-14H,3-11H2,1-2H3. The smallest absolute Gasteiger partial charge is 0.151 e. The van der Waals surface area contributed by atoms with Gasteiger partial charge in [0.25, 0.3) is 0 Å². The molecule has 3 nitrogen and oxygen atoms in total. The van der Waals surface area contributed by atoms with Crippen LogP contribution in [0.4, 0.5) is 0 Å². The molecule has 0 aliphatic heterocycles. The van der Waals surface area contributed by atoms with Crippen LogP contribution in [0.3, 0.4) is 0 Å². The molecule has 1 fully saturated rings. The average molecular weight is 261 g/mol. The zero-order valence-corrected chi connectivity index (χ0v) is 12.1. The summed E-state index contributed by atoms with van der Waals surface area (Å²) in [6.45, 7) is 5.90. The summed E-state index contributed by atoms with van der Waals surface area (Å²) in [5.41, 5.74) is 0. The predicted molar refractivity (Wildman–Crippen MR) is 72.9 cm³/mol. The fourth-order valence-corrected chi connectivity index (χ4v) is 4.04. The fraction of sp³-hybridized carbons (Fsp3) is 1.00. The van der Waals surface area contributed by atoms with Crippen LogP contribution in [0.1, 0.15) is 46.0 Å². The molecule has 17 heavy (non-hydrogen) atoms. The van der Waals surface area contributed by atoms with Gasteiger partial charge in [-0.1, -0.05) is 26.7 Å². The minimum Gasteiger partial charge on any atom is -0.316 e. The molecule has 0 heterocycles. The summed E-state index contributed by atoms with van der Waals surface area (Å²) in [6.07, 6.45) is 5.77. The van der Waals surface area contributed by atoms with Gasteiger partial charge in [-0.15, -0.1) is 0 Å². The first-order valence-electron chi connectivity index (χ1n) is 6.91. The van der Waals surface area contributed by atoms with Crippen LogP contribution in [0, 0.1) is 11.8 Å². The summed E-state index contributed by atoms with van der Waals surface area (Å²) in [5, 5.41) is 3.22. The summed E-state index contributed by atoms with van der Waals surface area (Å²) < 4.78 is 23.7. The second-order valence-corrected chi connectivity index (χ2v) is 7.93. The van der Waals surface area contributed by atoms with E-state index in [0.717, 1.165) is 25.8 Å². The van der Waals surface area contributed by atoms with Crippen LogP contribution in [-0.4, -0.2) is 33.0 Å².